The van der Waals surface area contributed by atoms with Crippen LogP contribution >= 0.6 is 0 Å². The Balaban J connectivity index is 3.23. The highest BCUT2D eigenvalue weighted by atomic mass is 16.1. The molecule has 0 aromatic heterocycles. The molecule has 0 unspecified atom stereocenters. The van der Waals surface area contributed by atoms with Crippen LogP contribution in [-0.2, 0) is 4.79 Å². The summed E-state index contributed by atoms with van der Waals surface area (Å²) in [4.78, 5) is 11.0. The molecule has 0 aliphatic heterocycles. The summed E-state index contributed by atoms with van der Waals surface area (Å²) >= 11 is 0. The van der Waals surface area contributed by atoms with Gasteiger partial charge in [-0.15, -0.1) is 0 Å². The fourth-order valence-corrected chi connectivity index (χ4v) is 0.848. The summed E-state index contributed by atoms with van der Waals surface area (Å²) in [5.74, 6) is 0.657. The number of unbranched alkanes of at least 4 members (excludes halogenated alkanes) is 1. The Morgan fingerprint density at radius 1 is 1.45 bits per heavy atom. The van der Waals surface area contributed by atoms with Crippen LogP contribution in [0.5, 0.6) is 0 Å². The van der Waals surface area contributed by atoms with E-state index in [1.54, 1.807) is 0 Å². The summed E-state index contributed by atoms with van der Waals surface area (Å²) in [6.07, 6.45) is 2.88. The highest BCUT2D eigenvalue weighted by Crippen LogP contribution is 1.97. The summed E-state index contributed by atoms with van der Waals surface area (Å²) < 4.78 is 0. The SMILES string of the molecule is CCCCNC(=O)CC(C)C. The van der Waals surface area contributed by atoms with Crippen LogP contribution in [0.1, 0.15) is 40.0 Å². The second-order valence-corrected chi connectivity index (χ2v) is 3.30. The van der Waals surface area contributed by atoms with E-state index in [1.807, 2.05) is 0 Å². The van der Waals surface area contributed by atoms with Crippen molar-refractivity contribution in [2.75, 3.05) is 6.54 Å². The Labute approximate surface area is 69.4 Å². The van der Waals surface area contributed by atoms with Crippen molar-refractivity contribution in [1.29, 1.82) is 0 Å². The van der Waals surface area contributed by atoms with Gasteiger partial charge in [0.1, 0.15) is 0 Å². The molecule has 0 aliphatic rings. The van der Waals surface area contributed by atoms with E-state index in [9.17, 15) is 4.79 Å². The maximum absolute atomic E-state index is 11.0. The molecule has 0 fully saturated rings. The van der Waals surface area contributed by atoms with Gasteiger partial charge in [0.25, 0.3) is 0 Å². The van der Waals surface area contributed by atoms with Crippen LogP contribution in [0.4, 0.5) is 0 Å². The summed E-state index contributed by atoms with van der Waals surface area (Å²) in [7, 11) is 0. The normalized spacial score (nSPS) is 10.2. The van der Waals surface area contributed by atoms with Crippen molar-refractivity contribution in [1.82, 2.24) is 5.32 Å². The standard InChI is InChI=1S/C9H19NO/c1-4-5-6-10-9(11)7-8(2)3/h8H,4-7H2,1-3H3,(H,10,11). The number of carbonyl (C=O) groups excluding carboxylic acids is 1. The lowest BCUT2D eigenvalue weighted by atomic mass is 10.1. The lowest BCUT2D eigenvalue weighted by molar-refractivity contribution is -0.121. The lowest BCUT2D eigenvalue weighted by Crippen LogP contribution is -2.25. The second kappa shape index (κ2) is 6.20. The number of rotatable bonds is 5. The van der Waals surface area contributed by atoms with Crippen molar-refractivity contribution >= 4 is 5.91 Å². The molecule has 0 saturated heterocycles. The van der Waals surface area contributed by atoms with Crippen LogP contribution in [0.15, 0.2) is 0 Å². The van der Waals surface area contributed by atoms with E-state index >= 15 is 0 Å². The Bertz CT molecular complexity index is 110. The molecule has 1 amide bonds. The Hall–Kier alpha value is -0.530. The predicted molar refractivity (Wildman–Crippen MR) is 47.4 cm³/mol. The summed E-state index contributed by atoms with van der Waals surface area (Å²) in [6, 6.07) is 0. The van der Waals surface area contributed by atoms with Gasteiger partial charge in [0.05, 0.1) is 0 Å². The zero-order valence-electron chi connectivity index (χ0n) is 7.81. The quantitative estimate of drug-likeness (QED) is 0.607. The van der Waals surface area contributed by atoms with Gasteiger partial charge in [-0.2, -0.15) is 0 Å². The molecular weight excluding hydrogens is 138 g/mol. The molecule has 2 nitrogen and oxygen atoms in total. The van der Waals surface area contributed by atoms with E-state index in [1.165, 1.54) is 0 Å². The van der Waals surface area contributed by atoms with Gasteiger partial charge in [0, 0.05) is 13.0 Å². The number of nitrogens with one attached hydrogen (secondary N) is 1. The van der Waals surface area contributed by atoms with Gasteiger partial charge in [0.15, 0.2) is 0 Å². The van der Waals surface area contributed by atoms with Crippen molar-refractivity contribution in [2.24, 2.45) is 5.92 Å². The van der Waals surface area contributed by atoms with Gasteiger partial charge < -0.3 is 5.32 Å². The summed E-state index contributed by atoms with van der Waals surface area (Å²) in [5.41, 5.74) is 0. The maximum Gasteiger partial charge on any atom is 0.220 e. The van der Waals surface area contributed by atoms with Gasteiger partial charge >= 0.3 is 0 Å². The van der Waals surface area contributed by atoms with E-state index in [4.69, 9.17) is 0 Å². The van der Waals surface area contributed by atoms with Crippen LogP contribution < -0.4 is 5.32 Å². The monoisotopic (exact) mass is 157 g/mol. The number of carbonyl (C=O) groups is 1. The smallest absolute Gasteiger partial charge is 0.220 e. The average molecular weight is 157 g/mol. The van der Waals surface area contributed by atoms with Crippen molar-refractivity contribution in [3.63, 3.8) is 0 Å². The molecule has 0 radical (unpaired) electrons. The highest BCUT2D eigenvalue weighted by Gasteiger charge is 2.02. The molecule has 0 aromatic rings. The molecule has 0 aliphatic carbocycles. The van der Waals surface area contributed by atoms with Gasteiger partial charge in [-0.05, 0) is 12.3 Å². The van der Waals surface area contributed by atoms with Crippen LogP contribution in [-0.4, -0.2) is 12.5 Å². The first-order valence-corrected chi connectivity index (χ1v) is 4.43. The summed E-state index contributed by atoms with van der Waals surface area (Å²) in [5, 5.41) is 2.88. The minimum Gasteiger partial charge on any atom is -0.356 e. The molecule has 0 bridgehead atoms. The third-order valence-electron chi connectivity index (χ3n) is 1.45. The number of amides is 1. The zero-order valence-corrected chi connectivity index (χ0v) is 7.81. The Morgan fingerprint density at radius 3 is 2.55 bits per heavy atom. The molecular formula is C9H19NO. The van der Waals surface area contributed by atoms with E-state index in [-0.39, 0.29) is 5.91 Å². The van der Waals surface area contributed by atoms with Gasteiger partial charge in [-0.1, -0.05) is 27.2 Å². The molecule has 0 aromatic carbocycles. The molecule has 11 heavy (non-hydrogen) atoms. The third-order valence-corrected chi connectivity index (χ3v) is 1.45. The van der Waals surface area contributed by atoms with Gasteiger partial charge in [-0.3, -0.25) is 4.79 Å². The van der Waals surface area contributed by atoms with Crippen LogP contribution in [0.25, 0.3) is 0 Å². The van der Waals surface area contributed by atoms with Crippen molar-refractivity contribution in [3.05, 3.63) is 0 Å². The fourth-order valence-electron chi connectivity index (χ4n) is 0.848. The van der Waals surface area contributed by atoms with Crippen molar-refractivity contribution < 1.29 is 4.79 Å². The third kappa shape index (κ3) is 7.37. The first-order chi connectivity index (χ1) is 5.16. The molecule has 0 saturated carbocycles. The first kappa shape index (κ1) is 10.5. The molecule has 0 spiro atoms. The Kier molecular flexibility index (Phi) is 5.90. The summed E-state index contributed by atoms with van der Waals surface area (Å²) in [6.45, 7) is 7.06. The molecule has 0 atom stereocenters. The molecule has 66 valence electrons. The molecule has 0 heterocycles. The van der Waals surface area contributed by atoms with Crippen molar-refractivity contribution in [3.8, 4) is 0 Å². The van der Waals surface area contributed by atoms with Crippen LogP contribution in [0.3, 0.4) is 0 Å². The molecule has 0 rings (SSSR count). The topological polar surface area (TPSA) is 29.1 Å². The van der Waals surface area contributed by atoms with E-state index in [0.29, 0.717) is 12.3 Å². The minimum atomic E-state index is 0.188. The lowest BCUT2D eigenvalue weighted by Gasteiger charge is -2.05. The Morgan fingerprint density at radius 2 is 2.09 bits per heavy atom. The predicted octanol–water partition coefficient (Wildman–Crippen LogP) is 1.95. The largest absolute Gasteiger partial charge is 0.356 e. The van der Waals surface area contributed by atoms with E-state index < -0.39 is 0 Å². The maximum atomic E-state index is 11.0. The minimum absolute atomic E-state index is 0.188. The fraction of sp³-hybridized carbons (Fsp3) is 0.889. The number of hydrogen-bond donors (Lipinski definition) is 1. The van der Waals surface area contributed by atoms with Crippen LogP contribution in [0, 0.1) is 5.92 Å². The zero-order chi connectivity index (χ0) is 8.69. The second-order valence-electron chi connectivity index (χ2n) is 3.30. The van der Waals surface area contributed by atoms with Gasteiger partial charge in [0.2, 0.25) is 5.91 Å². The number of hydrogen-bond acceptors (Lipinski definition) is 1. The average Bonchev–Trinajstić information content (AvgIpc) is 1.86. The van der Waals surface area contributed by atoms with E-state index in [0.717, 1.165) is 19.4 Å². The first-order valence-electron chi connectivity index (χ1n) is 4.43. The van der Waals surface area contributed by atoms with Crippen molar-refractivity contribution in [2.45, 2.75) is 40.0 Å². The highest BCUT2D eigenvalue weighted by molar-refractivity contribution is 5.75. The van der Waals surface area contributed by atoms with Crippen LogP contribution in [0.2, 0.25) is 0 Å². The molecule has 2 heteroatoms. The van der Waals surface area contributed by atoms with E-state index in [2.05, 4.69) is 26.1 Å². The van der Waals surface area contributed by atoms with Gasteiger partial charge in [-0.25, -0.2) is 0 Å². The molecule has 1 N–H and O–H groups in total.